The van der Waals surface area contributed by atoms with Crippen molar-refractivity contribution < 1.29 is 9.50 Å². The molecule has 1 N–H and O–H groups in total. The molecule has 2 atom stereocenters. The molecule has 0 spiro atoms. The Kier molecular flexibility index (Phi) is 4.36. The first-order chi connectivity index (χ1) is 8.59. The van der Waals surface area contributed by atoms with Crippen LogP contribution < -0.4 is 0 Å². The Bertz CT molecular complexity index is 394. The molecule has 2 nitrogen and oxygen atoms in total. The number of likely N-dealkylation sites (tertiary alicyclic amines) is 1. The lowest BCUT2D eigenvalue weighted by atomic mass is 9.91. The van der Waals surface area contributed by atoms with Gasteiger partial charge in [0.15, 0.2) is 0 Å². The van der Waals surface area contributed by atoms with Gasteiger partial charge in [0.1, 0.15) is 5.82 Å². The number of hydrogen-bond donors (Lipinski definition) is 1. The van der Waals surface area contributed by atoms with E-state index in [9.17, 15) is 9.50 Å². The molecule has 1 aliphatic heterocycles. The van der Waals surface area contributed by atoms with Crippen LogP contribution in [0.25, 0.3) is 0 Å². The maximum Gasteiger partial charge on any atom is 0.126 e. The molecule has 1 fully saturated rings. The number of piperidine rings is 1. The van der Waals surface area contributed by atoms with Crippen molar-refractivity contribution in [3.63, 3.8) is 0 Å². The minimum atomic E-state index is -0.347. The summed E-state index contributed by atoms with van der Waals surface area (Å²) in [6.45, 7) is 5.26. The standard InChI is InChI=1S/C15H22FNO/c1-11(2)17-9-5-8-15(18)14(17)10-12-6-3-4-7-13(12)16/h3-4,6-7,11,14-15,18H,5,8-10H2,1-2H3/t14-,15-/m0/s1. The lowest BCUT2D eigenvalue weighted by Gasteiger charge is -2.41. The largest absolute Gasteiger partial charge is 0.391 e. The van der Waals surface area contributed by atoms with E-state index in [0.717, 1.165) is 19.4 Å². The summed E-state index contributed by atoms with van der Waals surface area (Å²) >= 11 is 0. The van der Waals surface area contributed by atoms with Crippen molar-refractivity contribution in [1.29, 1.82) is 0 Å². The van der Waals surface area contributed by atoms with Gasteiger partial charge in [-0.05, 0) is 51.3 Å². The molecule has 0 unspecified atom stereocenters. The van der Waals surface area contributed by atoms with E-state index < -0.39 is 0 Å². The molecule has 0 amide bonds. The number of nitrogens with zero attached hydrogens (tertiary/aromatic N) is 1. The molecule has 1 aliphatic rings. The van der Waals surface area contributed by atoms with Crippen LogP contribution in [0.1, 0.15) is 32.3 Å². The van der Waals surface area contributed by atoms with Crippen LogP contribution >= 0.6 is 0 Å². The zero-order chi connectivity index (χ0) is 13.1. The molecule has 100 valence electrons. The highest BCUT2D eigenvalue weighted by Crippen LogP contribution is 2.24. The second-order valence-corrected chi connectivity index (χ2v) is 5.40. The predicted octanol–water partition coefficient (Wildman–Crippen LogP) is 2.60. The summed E-state index contributed by atoms with van der Waals surface area (Å²) in [4.78, 5) is 2.29. The molecule has 0 aliphatic carbocycles. The van der Waals surface area contributed by atoms with Gasteiger partial charge in [-0.15, -0.1) is 0 Å². The van der Waals surface area contributed by atoms with Gasteiger partial charge < -0.3 is 5.11 Å². The molecule has 0 bridgehead atoms. The summed E-state index contributed by atoms with van der Waals surface area (Å²) in [6.07, 6.45) is 2.09. The van der Waals surface area contributed by atoms with E-state index in [1.807, 2.05) is 12.1 Å². The van der Waals surface area contributed by atoms with E-state index in [-0.39, 0.29) is 18.0 Å². The van der Waals surface area contributed by atoms with Crippen LogP contribution in [0.2, 0.25) is 0 Å². The number of aliphatic hydroxyl groups is 1. The van der Waals surface area contributed by atoms with Crippen molar-refractivity contribution in [2.24, 2.45) is 0 Å². The third-order valence-corrected chi connectivity index (χ3v) is 3.84. The summed E-state index contributed by atoms with van der Waals surface area (Å²) in [6, 6.07) is 7.29. The molecule has 0 saturated carbocycles. The zero-order valence-electron chi connectivity index (χ0n) is 11.1. The SMILES string of the molecule is CC(C)N1CCC[C@H](O)[C@@H]1Cc1ccccc1F. The van der Waals surface area contributed by atoms with Crippen LogP contribution in [0.3, 0.4) is 0 Å². The van der Waals surface area contributed by atoms with Gasteiger partial charge in [0.25, 0.3) is 0 Å². The van der Waals surface area contributed by atoms with Gasteiger partial charge in [0.05, 0.1) is 6.10 Å². The second-order valence-electron chi connectivity index (χ2n) is 5.40. The summed E-state index contributed by atoms with van der Waals surface area (Å²) in [5, 5.41) is 10.2. The summed E-state index contributed by atoms with van der Waals surface area (Å²) in [5.74, 6) is -0.168. The van der Waals surface area contributed by atoms with Crippen LogP contribution in [0, 0.1) is 5.82 Å². The Hall–Kier alpha value is -0.930. The number of halogens is 1. The molecule has 1 heterocycles. The summed E-state index contributed by atoms with van der Waals surface area (Å²) in [5.41, 5.74) is 0.703. The average molecular weight is 251 g/mol. The molecule has 1 aromatic rings. The van der Waals surface area contributed by atoms with Gasteiger partial charge in [-0.1, -0.05) is 18.2 Å². The topological polar surface area (TPSA) is 23.5 Å². The molecule has 0 aromatic heterocycles. The highest BCUT2D eigenvalue weighted by atomic mass is 19.1. The number of hydrogen-bond acceptors (Lipinski definition) is 2. The Morgan fingerprint density at radius 1 is 1.39 bits per heavy atom. The molecule has 1 aromatic carbocycles. The Balaban J connectivity index is 2.16. The molecule has 3 heteroatoms. The number of aliphatic hydroxyl groups excluding tert-OH is 1. The van der Waals surface area contributed by atoms with Crippen molar-refractivity contribution in [2.75, 3.05) is 6.54 Å². The van der Waals surface area contributed by atoms with E-state index >= 15 is 0 Å². The van der Waals surface area contributed by atoms with Gasteiger partial charge in [0, 0.05) is 12.1 Å². The highest BCUT2D eigenvalue weighted by Gasteiger charge is 2.31. The molecule has 2 rings (SSSR count). The van der Waals surface area contributed by atoms with E-state index in [0.29, 0.717) is 18.0 Å². The minimum absolute atomic E-state index is 0.0376. The maximum atomic E-state index is 13.7. The Labute approximate surface area is 108 Å². The predicted molar refractivity (Wildman–Crippen MR) is 71.0 cm³/mol. The van der Waals surface area contributed by atoms with Crippen LogP contribution in [0.5, 0.6) is 0 Å². The van der Waals surface area contributed by atoms with Crippen molar-refractivity contribution in [3.8, 4) is 0 Å². The van der Waals surface area contributed by atoms with Gasteiger partial charge in [-0.2, -0.15) is 0 Å². The fourth-order valence-corrected chi connectivity index (χ4v) is 2.85. The van der Waals surface area contributed by atoms with Crippen molar-refractivity contribution in [3.05, 3.63) is 35.6 Å². The van der Waals surface area contributed by atoms with E-state index in [2.05, 4.69) is 18.7 Å². The Morgan fingerprint density at radius 2 is 2.11 bits per heavy atom. The van der Waals surface area contributed by atoms with E-state index in [1.165, 1.54) is 6.07 Å². The molecular weight excluding hydrogens is 229 g/mol. The third-order valence-electron chi connectivity index (χ3n) is 3.84. The first-order valence-corrected chi connectivity index (χ1v) is 6.77. The van der Waals surface area contributed by atoms with E-state index in [4.69, 9.17) is 0 Å². The lowest BCUT2D eigenvalue weighted by Crippen LogP contribution is -2.52. The Morgan fingerprint density at radius 3 is 2.78 bits per heavy atom. The fourth-order valence-electron chi connectivity index (χ4n) is 2.85. The smallest absolute Gasteiger partial charge is 0.126 e. The average Bonchev–Trinajstić information content (AvgIpc) is 2.34. The van der Waals surface area contributed by atoms with E-state index in [1.54, 1.807) is 6.07 Å². The number of rotatable bonds is 3. The molecule has 0 radical (unpaired) electrons. The van der Waals surface area contributed by atoms with Crippen molar-refractivity contribution in [1.82, 2.24) is 4.90 Å². The van der Waals surface area contributed by atoms with Crippen LogP contribution in [-0.2, 0) is 6.42 Å². The van der Waals surface area contributed by atoms with Crippen LogP contribution in [0.4, 0.5) is 4.39 Å². The minimum Gasteiger partial charge on any atom is -0.391 e. The molecule has 1 saturated heterocycles. The fraction of sp³-hybridized carbons (Fsp3) is 0.600. The van der Waals surface area contributed by atoms with Gasteiger partial charge in [-0.25, -0.2) is 4.39 Å². The summed E-state index contributed by atoms with van der Waals surface area (Å²) < 4.78 is 13.7. The van der Waals surface area contributed by atoms with Crippen molar-refractivity contribution in [2.45, 2.75) is 51.3 Å². The first kappa shape index (κ1) is 13.5. The highest BCUT2D eigenvalue weighted by molar-refractivity contribution is 5.19. The quantitative estimate of drug-likeness (QED) is 0.892. The van der Waals surface area contributed by atoms with Gasteiger partial charge >= 0.3 is 0 Å². The normalized spacial score (nSPS) is 25.6. The number of benzene rings is 1. The maximum absolute atomic E-state index is 13.7. The lowest BCUT2D eigenvalue weighted by molar-refractivity contribution is -0.00503. The van der Waals surface area contributed by atoms with Crippen LogP contribution in [0.15, 0.2) is 24.3 Å². The second kappa shape index (κ2) is 5.81. The molecular formula is C15H22FNO. The zero-order valence-corrected chi connectivity index (χ0v) is 11.1. The van der Waals surface area contributed by atoms with Crippen LogP contribution in [-0.4, -0.2) is 34.7 Å². The molecule has 18 heavy (non-hydrogen) atoms. The first-order valence-electron chi connectivity index (χ1n) is 6.77. The summed E-state index contributed by atoms with van der Waals surface area (Å²) in [7, 11) is 0. The van der Waals surface area contributed by atoms with Crippen molar-refractivity contribution >= 4 is 0 Å². The third kappa shape index (κ3) is 2.90. The monoisotopic (exact) mass is 251 g/mol. The van der Waals surface area contributed by atoms with Gasteiger partial charge in [-0.3, -0.25) is 4.90 Å². The van der Waals surface area contributed by atoms with Gasteiger partial charge in [0.2, 0.25) is 0 Å².